The van der Waals surface area contributed by atoms with Crippen LogP contribution in [0, 0.1) is 11.7 Å². The molecular weight excluding hydrogens is 461 g/mol. The Morgan fingerprint density at radius 2 is 2.24 bits per heavy atom. The van der Waals surface area contributed by atoms with Crippen LogP contribution in [0.2, 0.25) is 5.02 Å². The third kappa shape index (κ3) is 6.82. The summed E-state index contributed by atoms with van der Waals surface area (Å²) in [6, 6.07) is 4.36. The summed E-state index contributed by atoms with van der Waals surface area (Å²) in [7, 11) is 1.63. The number of piperidine rings is 1. The topological polar surface area (TPSA) is 97.1 Å². The molecule has 0 bridgehead atoms. The molecule has 9 heteroatoms. The van der Waals surface area contributed by atoms with E-state index in [1.165, 1.54) is 6.07 Å². The first-order valence-corrected chi connectivity index (χ1v) is 12.8. The Balaban J connectivity index is 1.72. The van der Waals surface area contributed by atoms with Gasteiger partial charge in [0, 0.05) is 57.5 Å². The number of nitrogens with two attached hydrogens (primary N) is 1. The second-order valence-corrected chi connectivity index (χ2v) is 9.92. The highest BCUT2D eigenvalue weighted by Gasteiger charge is 2.43. The van der Waals surface area contributed by atoms with Gasteiger partial charge in [-0.1, -0.05) is 23.7 Å². The number of likely N-dealkylation sites (tertiary alicyclic amines) is 1. The molecule has 1 aromatic rings. The minimum atomic E-state index is -1.44. The quantitative estimate of drug-likeness (QED) is 0.402. The van der Waals surface area contributed by atoms with E-state index < -0.39 is 11.4 Å². The summed E-state index contributed by atoms with van der Waals surface area (Å²) in [6.45, 7) is 2.57. The first-order chi connectivity index (χ1) is 16.4. The fourth-order valence-electron chi connectivity index (χ4n) is 5.22. The lowest BCUT2D eigenvalue weighted by molar-refractivity contribution is -0.0587. The molecule has 4 N–H and O–H groups in total. The Morgan fingerprint density at radius 3 is 2.94 bits per heavy atom. The Kier molecular flexibility index (Phi) is 10.4. The van der Waals surface area contributed by atoms with Crippen molar-refractivity contribution in [1.29, 1.82) is 0 Å². The molecule has 4 atom stereocenters. The third-order valence-corrected chi connectivity index (χ3v) is 7.43. The number of nitrogens with one attached hydrogen (secondary N) is 1. The van der Waals surface area contributed by atoms with Gasteiger partial charge in [-0.25, -0.2) is 9.18 Å². The van der Waals surface area contributed by atoms with Gasteiger partial charge in [0.05, 0.1) is 16.7 Å². The molecule has 0 saturated carbocycles. The number of aliphatic hydroxyl groups is 1. The summed E-state index contributed by atoms with van der Waals surface area (Å²) < 4.78 is 25.9. The lowest BCUT2D eigenvalue weighted by Crippen LogP contribution is -2.54. The summed E-state index contributed by atoms with van der Waals surface area (Å²) in [5.41, 5.74) is 4.68. The highest BCUT2D eigenvalue weighted by Crippen LogP contribution is 2.42. The van der Waals surface area contributed by atoms with Gasteiger partial charge >= 0.3 is 6.03 Å². The van der Waals surface area contributed by atoms with Crippen molar-refractivity contribution in [2.75, 3.05) is 40.0 Å². The molecule has 192 valence electrons. The van der Waals surface area contributed by atoms with E-state index in [4.69, 9.17) is 26.8 Å². The second-order valence-electron chi connectivity index (χ2n) is 9.51. The van der Waals surface area contributed by atoms with Crippen LogP contribution in [0.25, 0.3) is 0 Å². The molecule has 34 heavy (non-hydrogen) atoms. The molecule has 2 fully saturated rings. The van der Waals surface area contributed by atoms with E-state index >= 15 is 4.39 Å². The van der Waals surface area contributed by atoms with E-state index in [1.54, 1.807) is 24.1 Å². The number of nitrogens with zero attached hydrogens (tertiary/aromatic N) is 1. The Morgan fingerprint density at radius 1 is 1.41 bits per heavy atom. The van der Waals surface area contributed by atoms with Crippen molar-refractivity contribution in [2.45, 2.75) is 69.1 Å². The van der Waals surface area contributed by atoms with Crippen LogP contribution in [0.4, 0.5) is 9.18 Å². The average molecular weight is 500 g/mol. The van der Waals surface area contributed by atoms with Gasteiger partial charge in [0.15, 0.2) is 0 Å². The molecule has 0 aliphatic carbocycles. The molecule has 7 nitrogen and oxygen atoms in total. The number of benzene rings is 1. The number of urea groups is 1. The van der Waals surface area contributed by atoms with Crippen LogP contribution in [0.3, 0.4) is 0 Å². The van der Waals surface area contributed by atoms with Crippen molar-refractivity contribution in [1.82, 2.24) is 10.2 Å². The standard InChI is InChI=1S/C25H39ClFN3O4/c1-33-13-3-2-11-25(32,21-9-4-10-22(26)23(21)27)18-7-5-12-30(17-18)24(31)29-19(16-28)15-20-8-6-14-34-20/h4,9-10,18-20,32H,2-3,5-8,11-17,28H2,1H3,(H,29,31)/t18?,19-,20?,25-/m0/s1. The molecular formula is C25H39ClFN3O4. The minimum absolute atomic E-state index is 0.0156. The van der Waals surface area contributed by atoms with Gasteiger partial charge in [0.25, 0.3) is 0 Å². The van der Waals surface area contributed by atoms with E-state index in [-0.39, 0.29) is 34.7 Å². The van der Waals surface area contributed by atoms with Gasteiger partial charge < -0.3 is 30.5 Å². The fourth-order valence-corrected chi connectivity index (χ4v) is 5.39. The highest BCUT2D eigenvalue weighted by molar-refractivity contribution is 6.30. The zero-order chi connectivity index (χ0) is 24.6. The van der Waals surface area contributed by atoms with Gasteiger partial charge in [0.1, 0.15) is 5.82 Å². The average Bonchev–Trinajstić information content (AvgIpc) is 3.36. The van der Waals surface area contributed by atoms with Crippen LogP contribution in [0.5, 0.6) is 0 Å². The first-order valence-electron chi connectivity index (χ1n) is 12.4. The molecule has 2 aliphatic rings. The number of methoxy groups -OCH3 is 1. The second kappa shape index (κ2) is 13.0. The number of hydrogen-bond acceptors (Lipinski definition) is 5. The number of halogens is 2. The molecule has 2 heterocycles. The van der Waals surface area contributed by atoms with Crippen LogP contribution in [-0.4, -0.2) is 68.1 Å². The lowest BCUT2D eigenvalue weighted by Gasteiger charge is -2.43. The monoisotopic (exact) mass is 499 g/mol. The van der Waals surface area contributed by atoms with Crippen LogP contribution >= 0.6 is 11.6 Å². The third-order valence-electron chi connectivity index (χ3n) is 7.14. The van der Waals surface area contributed by atoms with E-state index in [2.05, 4.69) is 5.32 Å². The van der Waals surface area contributed by atoms with Gasteiger partial charge in [-0.05, 0) is 57.4 Å². The van der Waals surface area contributed by atoms with Gasteiger partial charge in [0.2, 0.25) is 0 Å². The molecule has 3 rings (SSSR count). The highest BCUT2D eigenvalue weighted by atomic mass is 35.5. The number of carbonyl (C=O) groups is 1. The molecule has 2 amide bonds. The van der Waals surface area contributed by atoms with Crippen molar-refractivity contribution >= 4 is 17.6 Å². The van der Waals surface area contributed by atoms with Gasteiger partial charge in [-0.15, -0.1) is 0 Å². The smallest absolute Gasteiger partial charge is 0.317 e. The maximum Gasteiger partial charge on any atom is 0.317 e. The van der Waals surface area contributed by atoms with Crippen molar-refractivity contribution in [3.8, 4) is 0 Å². The SMILES string of the molecule is COCCCC[C@@](O)(c1cccc(Cl)c1F)C1CCCN(C(=O)N[C@H](CN)CC2CCCO2)C1. The lowest BCUT2D eigenvalue weighted by atomic mass is 9.74. The van der Waals surface area contributed by atoms with E-state index in [0.29, 0.717) is 51.9 Å². The minimum Gasteiger partial charge on any atom is -0.385 e. The summed E-state index contributed by atoms with van der Waals surface area (Å²) >= 11 is 6.06. The zero-order valence-electron chi connectivity index (χ0n) is 20.1. The molecule has 2 saturated heterocycles. The number of rotatable bonds is 11. The molecule has 0 aromatic heterocycles. The van der Waals surface area contributed by atoms with Crippen molar-refractivity contribution in [2.24, 2.45) is 11.7 Å². The van der Waals surface area contributed by atoms with Gasteiger partial charge in [-0.3, -0.25) is 0 Å². The number of hydrogen-bond donors (Lipinski definition) is 3. The van der Waals surface area contributed by atoms with Crippen molar-refractivity contribution < 1.29 is 23.8 Å². The van der Waals surface area contributed by atoms with Crippen molar-refractivity contribution in [3.05, 3.63) is 34.6 Å². The van der Waals surface area contributed by atoms with E-state index in [9.17, 15) is 9.90 Å². The molecule has 1 aromatic carbocycles. The maximum atomic E-state index is 15.1. The number of carbonyl (C=O) groups excluding carboxylic acids is 1. The molecule has 2 aliphatic heterocycles. The molecule has 0 radical (unpaired) electrons. The number of ether oxygens (including phenoxy) is 2. The first kappa shape index (κ1) is 27.1. The summed E-state index contributed by atoms with van der Waals surface area (Å²) in [6.07, 6.45) is 6.02. The predicted octanol–water partition coefficient (Wildman–Crippen LogP) is 3.80. The Hall–Kier alpha value is -1.45. The normalized spacial score (nSPS) is 23.5. The fraction of sp³-hybridized carbons (Fsp3) is 0.720. The van der Waals surface area contributed by atoms with Crippen LogP contribution in [-0.2, 0) is 15.1 Å². The molecule has 0 spiro atoms. The number of unbranched alkanes of at least 4 members (excludes halogenated alkanes) is 1. The maximum absolute atomic E-state index is 15.1. The Labute approximate surface area is 207 Å². The van der Waals surface area contributed by atoms with Crippen LogP contribution in [0.15, 0.2) is 18.2 Å². The zero-order valence-corrected chi connectivity index (χ0v) is 20.9. The summed E-state index contributed by atoms with van der Waals surface area (Å²) in [5, 5.41) is 14.9. The predicted molar refractivity (Wildman–Crippen MR) is 130 cm³/mol. The van der Waals surface area contributed by atoms with E-state index in [0.717, 1.165) is 32.3 Å². The Bertz CT molecular complexity index is 795. The summed E-state index contributed by atoms with van der Waals surface area (Å²) in [5.74, 6) is -0.920. The number of amides is 2. The largest absolute Gasteiger partial charge is 0.385 e. The summed E-state index contributed by atoms with van der Waals surface area (Å²) in [4.78, 5) is 14.8. The van der Waals surface area contributed by atoms with Crippen LogP contribution < -0.4 is 11.1 Å². The molecule has 2 unspecified atom stereocenters. The van der Waals surface area contributed by atoms with Gasteiger partial charge in [-0.2, -0.15) is 0 Å². The van der Waals surface area contributed by atoms with E-state index in [1.807, 2.05) is 0 Å². The van der Waals surface area contributed by atoms with Crippen molar-refractivity contribution in [3.63, 3.8) is 0 Å². The van der Waals surface area contributed by atoms with Crippen LogP contribution in [0.1, 0.15) is 56.9 Å².